The Bertz CT molecular complexity index is 354. The smallest absolute Gasteiger partial charge is 0.0533 e. The van der Waals surface area contributed by atoms with Gasteiger partial charge in [0.1, 0.15) is 0 Å². The van der Waals surface area contributed by atoms with Crippen LogP contribution < -0.4 is 0 Å². The molecule has 0 spiro atoms. The SMILES string of the molecule is Cc1ccccc1C1(CO)CC1(C)C. The number of hydrogen-bond acceptors (Lipinski definition) is 1. The van der Waals surface area contributed by atoms with Crippen molar-refractivity contribution in [3.05, 3.63) is 35.4 Å². The lowest BCUT2D eigenvalue weighted by Crippen LogP contribution is -2.20. The van der Waals surface area contributed by atoms with Crippen molar-refractivity contribution < 1.29 is 5.11 Å². The fourth-order valence-corrected chi connectivity index (χ4v) is 2.63. The van der Waals surface area contributed by atoms with Crippen molar-refractivity contribution in [2.75, 3.05) is 6.61 Å². The van der Waals surface area contributed by atoms with E-state index in [0.717, 1.165) is 6.42 Å². The molecule has 1 unspecified atom stereocenters. The standard InChI is InChI=1S/C13H18O/c1-10-6-4-5-7-11(10)13(9-14)8-12(13,2)3/h4-7,14H,8-9H2,1-3H3. The molecule has 14 heavy (non-hydrogen) atoms. The Balaban J connectivity index is 2.46. The van der Waals surface area contributed by atoms with Gasteiger partial charge < -0.3 is 5.11 Å². The van der Waals surface area contributed by atoms with Gasteiger partial charge in [0.2, 0.25) is 0 Å². The summed E-state index contributed by atoms with van der Waals surface area (Å²) in [6.07, 6.45) is 1.10. The van der Waals surface area contributed by atoms with Gasteiger partial charge in [0.05, 0.1) is 6.61 Å². The van der Waals surface area contributed by atoms with Crippen molar-refractivity contribution in [2.45, 2.75) is 32.6 Å². The molecule has 0 radical (unpaired) electrons. The van der Waals surface area contributed by atoms with Crippen LogP contribution in [0.2, 0.25) is 0 Å². The molecular weight excluding hydrogens is 172 g/mol. The molecule has 1 N–H and O–H groups in total. The van der Waals surface area contributed by atoms with Crippen molar-refractivity contribution in [2.24, 2.45) is 5.41 Å². The summed E-state index contributed by atoms with van der Waals surface area (Å²) in [7, 11) is 0. The molecule has 1 fully saturated rings. The minimum absolute atomic E-state index is 0.0261. The predicted octanol–water partition coefficient (Wildman–Crippen LogP) is 2.66. The Kier molecular flexibility index (Phi) is 1.97. The summed E-state index contributed by atoms with van der Waals surface area (Å²) in [6.45, 7) is 6.86. The first kappa shape index (κ1) is 9.72. The second kappa shape index (κ2) is 2.83. The first-order valence-corrected chi connectivity index (χ1v) is 5.20. The molecular formula is C13H18O. The van der Waals surface area contributed by atoms with E-state index in [1.807, 2.05) is 0 Å². The van der Waals surface area contributed by atoms with Gasteiger partial charge in [-0.25, -0.2) is 0 Å². The van der Waals surface area contributed by atoms with Gasteiger partial charge in [-0.2, -0.15) is 0 Å². The monoisotopic (exact) mass is 190 g/mol. The summed E-state index contributed by atoms with van der Waals surface area (Å²) >= 11 is 0. The van der Waals surface area contributed by atoms with Crippen molar-refractivity contribution in [1.82, 2.24) is 0 Å². The predicted molar refractivity (Wildman–Crippen MR) is 58.3 cm³/mol. The summed E-state index contributed by atoms with van der Waals surface area (Å²) in [5.41, 5.74) is 2.91. The van der Waals surface area contributed by atoms with E-state index in [-0.39, 0.29) is 17.4 Å². The zero-order valence-electron chi connectivity index (χ0n) is 9.17. The van der Waals surface area contributed by atoms with Gasteiger partial charge in [-0.05, 0) is 29.9 Å². The minimum atomic E-state index is 0.0261. The average molecular weight is 190 g/mol. The first-order chi connectivity index (χ1) is 6.53. The van der Waals surface area contributed by atoms with Gasteiger partial charge in [0, 0.05) is 5.41 Å². The molecule has 1 saturated carbocycles. The number of aryl methyl sites for hydroxylation is 1. The third-order valence-electron chi connectivity index (χ3n) is 3.84. The van der Waals surface area contributed by atoms with Gasteiger partial charge in [0.15, 0.2) is 0 Å². The van der Waals surface area contributed by atoms with Crippen molar-refractivity contribution in [1.29, 1.82) is 0 Å². The molecule has 1 aliphatic carbocycles. The van der Waals surface area contributed by atoms with Crippen LogP contribution in [0.25, 0.3) is 0 Å². The molecule has 0 heterocycles. The van der Waals surface area contributed by atoms with Crippen molar-refractivity contribution in [3.8, 4) is 0 Å². The van der Waals surface area contributed by atoms with E-state index in [4.69, 9.17) is 0 Å². The molecule has 0 saturated heterocycles. The van der Waals surface area contributed by atoms with Gasteiger partial charge in [0.25, 0.3) is 0 Å². The van der Waals surface area contributed by atoms with Crippen LogP contribution in [0.4, 0.5) is 0 Å². The third-order valence-corrected chi connectivity index (χ3v) is 3.84. The van der Waals surface area contributed by atoms with Crippen molar-refractivity contribution in [3.63, 3.8) is 0 Å². The van der Waals surface area contributed by atoms with Gasteiger partial charge in [-0.15, -0.1) is 0 Å². The maximum atomic E-state index is 9.57. The second-order valence-electron chi connectivity index (χ2n) is 5.12. The van der Waals surface area contributed by atoms with Crippen LogP contribution in [0.1, 0.15) is 31.4 Å². The maximum Gasteiger partial charge on any atom is 0.0533 e. The number of benzene rings is 1. The van der Waals surface area contributed by atoms with Crippen LogP contribution in [-0.2, 0) is 5.41 Å². The summed E-state index contributed by atoms with van der Waals surface area (Å²) < 4.78 is 0. The van der Waals surface area contributed by atoms with E-state index < -0.39 is 0 Å². The summed E-state index contributed by atoms with van der Waals surface area (Å²) in [5.74, 6) is 0. The highest BCUT2D eigenvalue weighted by atomic mass is 16.3. The van der Waals surface area contributed by atoms with Crippen LogP contribution >= 0.6 is 0 Å². The Morgan fingerprint density at radius 3 is 2.29 bits per heavy atom. The molecule has 1 aromatic carbocycles. The molecule has 1 atom stereocenters. The highest BCUT2D eigenvalue weighted by molar-refractivity contribution is 5.42. The van der Waals surface area contributed by atoms with E-state index in [9.17, 15) is 5.11 Å². The lowest BCUT2D eigenvalue weighted by atomic mass is 9.86. The zero-order chi connectivity index (χ0) is 10.4. The first-order valence-electron chi connectivity index (χ1n) is 5.20. The summed E-state index contributed by atoms with van der Waals surface area (Å²) in [4.78, 5) is 0. The lowest BCUT2D eigenvalue weighted by Gasteiger charge is -2.20. The largest absolute Gasteiger partial charge is 0.395 e. The van der Waals surface area contributed by atoms with Gasteiger partial charge >= 0.3 is 0 Å². The molecule has 1 aromatic rings. The molecule has 0 aliphatic heterocycles. The summed E-state index contributed by atoms with van der Waals surface area (Å²) in [6, 6.07) is 8.40. The highest BCUT2D eigenvalue weighted by Gasteiger charge is 2.61. The lowest BCUT2D eigenvalue weighted by molar-refractivity contribution is 0.231. The quantitative estimate of drug-likeness (QED) is 0.760. The molecule has 0 amide bonds. The average Bonchev–Trinajstić information content (AvgIpc) is 2.70. The second-order valence-corrected chi connectivity index (χ2v) is 5.12. The van der Waals surface area contributed by atoms with Gasteiger partial charge in [-0.3, -0.25) is 0 Å². The number of aliphatic hydroxyl groups excluding tert-OH is 1. The molecule has 0 bridgehead atoms. The summed E-state index contributed by atoms with van der Waals surface area (Å²) in [5, 5.41) is 9.57. The third kappa shape index (κ3) is 1.12. The molecule has 2 rings (SSSR count). The van der Waals surface area contributed by atoms with Crippen molar-refractivity contribution >= 4 is 0 Å². The Hall–Kier alpha value is -0.820. The van der Waals surface area contributed by atoms with E-state index in [0.29, 0.717) is 0 Å². The van der Waals surface area contributed by atoms with E-state index in [2.05, 4.69) is 45.0 Å². The number of hydrogen-bond donors (Lipinski definition) is 1. The topological polar surface area (TPSA) is 20.2 Å². The molecule has 1 aliphatic rings. The Morgan fingerprint density at radius 2 is 1.86 bits per heavy atom. The fraction of sp³-hybridized carbons (Fsp3) is 0.538. The zero-order valence-corrected chi connectivity index (χ0v) is 9.17. The van der Waals surface area contributed by atoms with E-state index >= 15 is 0 Å². The van der Waals surface area contributed by atoms with Gasteiger partial charge in [-0.1, -0.05) is 38.1 Å². The van der Waals surface area contributed by atoms with E-state index in [1.165, 1.54) is 11.1 Å². The van der Waals surface area contributed by atoms with Crippen LogP contribution in [0, 0.1) is 12.3 Å². The number of aliphatic hydroxyl groups is 1. The number of rotatable bonds is 2. The Morgan fingerprint density at radius 1 is 1.29 bits per heavy atom. The maximum absolute atomic E-state index is 9.57. The van der Waals surface area contributed by atoms with Crippen LogP contribution in [0.5, 0.6) is 0 Å². The highest BCUT2D eigenvalue weighted by Crippen LogP contribution is 2.64. The minimum Gasteiger partial charge on any atom is -0.395 e. The Labute approximate surface area is 85.8 Å². The molecule has 76 valence electrons. The normalized spacial score (nSPS) is 28.9. The van der Waals surface area contributed by atoms with Crippen LogP contribution in [-0.4, -0.2) is 11.7 Å². The van der Waals surface area contributed by atoms with E-state index in [1.54, 1.807) is 0 Å². The van der Waals surface area contributed by atoms with Crippen LogP contribution in [0.15, 0.2) is 24.3 Å². The molecule has 1 heteroatoms. The molecule has 1 nitrogen and oxygen atoms in total. The fourth-order valence-electron chi connectivity index (χ4n) is 2.63. The van der Waals surface area contributed by atoms with Crippen LogP contribution in [0.3, 0.4) is 0 Å². The molecule has 0 aromatic heterocycles.